The minimum atomic E-state index is -0.479. The standard InChI is InChI=1S/C12H16N2O4/c1-14(8-11(15)17-2)7-9-5-4-6-10(13-9)12(16)18-3/h4-6H,7-8H2,1-3H3. The molecule has 0 amide bonds. The van der Waals surface area contributed by atoms with Gasteiger partial charge in [0.1, 0.15) is 5.69 Å². The lowest BCUT2D eigenvalue weighted by Gasteiger charge is -2.14. The quantitative estimate of drug-likeness (QED) is 0.710. The highest BCUT2D eigenvalue weighted by Gasteiger charge is 2.10. The highest BCUT2D eigenvalue weighted by molar-refractivity contribution is 5.87. The third kappa shape index (κ3) is 4.14. The maximum atomic E-state index is 11.3. The summed E-state index contributed by atoms with van der Waals surface area (Å²) in [6.07, 6.45) is 0. The number of pyridine rings is 1. The van der Waals surface area contributed by atoms with Crippen LogP contribution in [0, 0.1) is 0 Å². The van der Waals surface area contributed by atoms with Crippen molar-refractivity contribution >= 4 is 11.9 Å². The van der Waals surface area contributed by atoms with Gasteiger partial charge in [0, 0.05) is 6.54 Å². The van der Waals surface area contributed by atoms with Gasteiger partial charge in [0.05, 0.1) is 26.5 Å². The molecule has 0 saturated heterocycles. The first-order valence-electron chi connectivity index (χ1n) is 5.36. The van der Waals surface area contributed by atoms with Crippen molar-refractivity contribution in [3.63, 3.8) is 0 Å². The number of ether oxygens (including phenoxy) is 2. The third-order valence-electron chi connectivity index (χ3n) is 2.26. The molecule has 0 fully saturated rings. The molecule has 0 aliphatic carbocycles. The summed E-state index contributed by atoms with van der Waals surface area (Å²) in [5, 5.41) is 0. The number of aromatic nitrogens is 1. The number of carbonyl (C=O) groups is 2. The Hall–Kier alpha value is -1.95. The van der Waals surface area contributed by atoms with Crippen molar-refractivity contribution in [2.45, 2.75) is 6.54 Å². The molecule has 0 bridgehead atoms. The average Bonchev–Trinajstić information content (AvgIpc) is 2.37. The molecule has 0 saturated carbocycles. The van der Waals surface area contributed by atoms with Gasteiger partial charge in [-0.05, 0) is 19.2 Å². The Morgan fingerprint density at radius 3 is 2.61 bits per heavy atom. The Labute approximate surface area is 106 Å². The van der Waals surface area contributed by atoms with Gasteiger partial charge in [0.15, 0.2) is 0 Å². The van der Waals surface area contributed by atoms with Crippen molar-refractivity contribution in [2.75, 3.05) is 27.8 Å². The van der Waals surface area contributed by atoms with Crippen molar-refractivity contribution in [1.82, 2.24) is 9.88 Å². The molecule has 1 aromatic heterocycles. The second kappa shape index (κ2) is 6.70. The number of methoxy groups -OCH3 is 2. The summed E-state index contributed by atoms with van der Waals surface area (Å²) >= 11 is 0. The molecule has 6 heteroatoms. The van der Waals surface area contributed by atoms with Gasteiger partial charge in [-0.1, -0.05) is 6.07 Å². The molecule has 0 atom stereocenters. The molecule has 18 heavy (non-hydrogen) atoms. The minimum absolute atomic E-state index is 0.167. The van der Waals surface area contributed by atoms with Crippen LogP contribution in [0.3, 0.4) is 0 Å². The number of hydrogen-bond donors (Lipinski definition) is 0. The number of carbonyl (C=O) groups excluding carboxylic acids is 2. The molecule has 0 spiro atoms. The van der Waals surface area contributed by atoms with Gasteiger partial charge in [-0.3, -0.25) is 9.69 Å². The predicted octanol–water partition coefficient (Wildman–Crippen LogP) is 0.473. The van der Waals surface area contributed by atoms with Crippen molar-refractivity contribution in [3.05, 3.63) is 29.6 Å². The Morgan fingerprint density at radius 1 is 1.28 bits per heavy atom. The smallest absolute Gasteiger partial charge is 0.356 e. The molecule has 1 rings (SSSR count). The molecule has 0 aliphatic rings. The Balaban J connectivity index is 2.67. The summed E-state index contributed by atoms with van der Waals surface area (Å²) in [5.41, 5.74) is 0.936. The number of rotatable bonds is 5. The summed E-state index contributed by atoms with van der Waals surface area (Å²) in [7, 11) is 4.41. The highest BCUT2D eigenvalue weighted by Crippen LogP contribution is 2.04. The molecule has 6 nitrogen and oxygen atoms in total. The van der Waals surface area contributed by atoms with E-state index in [0.717, 1.165) is 0 Å². The lowest BCUT2D eigenvalue weighted by Crippen LogP contribution is -2.26. The van der Waals surface area contributed by atoms with Crippen LogP contribution in [0.1, 0.15) is 16.2 Å². The van der Waals surface area contributed by atoms with Gasteiger partial charge in [-0.15, -0.1) is 0 Å². The van der Waals surface area contributed by atoms with Gasteiger partial charge in [0.2, 0.25) is 0 Å². The first-order valence-corrected chi connectivity index (χ1v) is 5.36. The fourth-order valence-corrected chi connectivity index (χ4v) is 1.40. The zero-order chi connectivity index (χ0) is 13.5. The van der Waals surface area contributed by atoms with Crippen LogP contribution in [0.15, 0.2) is 18.2 Å². The van der Waals surface area contributed by atoms with Gasteiger partial charge < -0.3 is 9.47 Å². The summed E-state index contributed by atoms with van der Waals surface area (Å²) in [5.74, 6) is -0.797. The summed E-state index contributed by atoms with van der Waals surface area (Å²) < 4.78 is 9.15. The maximum Gasteiger partial charge on any atom is 0.356 e. The van der Waals surface area contributed by atoms with Gasteiger partial charge in [-0.25, -0.2) is 9.78 Å². The van der Waals surface area contributed by atoms with E-state index in [1.165, 1.54) is 14.2 Å². The van der Waals surface area contributed by atoms with E-state index in [1.54, 1.807) is 30.1 Å². The Kier molecular flexibility index (Phi) is 5.26. The normalized spacial score (nSPS) is 10.2. The van der Waals surface area contributed by atoms with E-state index in [4.69, 9.17) is 0 Å². The lowest BCUT2D eigenvalue weighted by molar-refractivity contribution is -0.141. The first-order chi connectivity index (χ1) is 8.56. The van der Waals surface area contributed by atoms with E-state index in [0.29, 0.717) is 12.2 Å². The highest BCUT2D eigenvalue weighted by atomic mass is 16.5. The van der Waals surface area contributed by atoms with Crippen LogP contribution < -0.4 is 0 Å². The Morgan fingerprint density at radius 2 is 2.00 bits per heavy atom. The van der Waals surface area contributed by atoms with Crippen molar-refractivity contribution in [3.8, 4) is 0 Å². The lowest BCUT2D eigenvalue weighted by atomic mass is 10.3. The zero-order valence-electron chi connectivity index (χ0n) is 10.7. The fourth-order valence-electron chi connectivity index (χ4n) is 1.40. The molecule has 0 radical (unpaired) electrons. The second-order valence-electron chi connectivity index (χ2n) is 3.75. The molecule has 1 heterocycles. The summed E-state index contributed by atoms with van der Waals surface area (Å²) in [4.78, 5) is 28.3. The van der Waals surface area contributed by atoms with Crippen molar-refractivity contribution in [2.24, 2.45) is 0 Å². The van der Waals surface area contributed by atoms with E-state index < -0.39 is 5.97 Å². The van der Waals surface area contributed by atoms with E-state index in [1.807, 2.05) is 0 Å². The molecule has 0 aromatic carbocycles. The largest absolute Gasteiger partial charge is 0.468 e. The predicted molar refractivity (Wildman–Crippen MR) is 63.9 cm³/mol. The molecular weight excluding hydrogens is 236 g/mol. The summed E-state index contributed by atoms with van der Waals surface area (Å²) in [6, 6.07) is 5.08. The van der Waals surface area contributed by atoms with Crippen molar-refractivity contribution in [1.29, 1.82) is 0 Å². The zero-order valence-corrected chi connectivity index (χ0v) is 10.7. The van der Waals surface area contributed by atoms with E-state index in [9.17, 15) is 9.59 Å². The van der Waals surface area contributed by atoms with Crippen LogP contribution in [-0.2, 0) is 20.8 Å². The molecule has 0 aliphatic heterocycles. The topological polar surface area (TPSA) is 68.7 Å². The molecule has 0 N–H and O–H groups in total. The number of hydrogen-bond acceptors (Lipinski definition) is 6. The number of likely N-dealkylation sites (N-methyl/N-ethyl adjacent to an activating group) is 1. The maximum absolute atomic E-state index is 11.3. The SMILES string of the molecule is COC(=O)CN(C)Cc1cccc(C(=O)OC)n1. The van der Waals surface area contributed by atoms with Gasteiger partial charge in [0.25, 0.3) is 0 Å². The Bertz CT molecular complexity index is 434. The third-order valence-corrected chi connectivity index (χ3v) is 2.26. The van der Waals surface area contributed by atoms with Crippen LogP contribution >= 0.6 is 0 Å². The van der Waals surface area contributed by atoms with Crippen molar-refractivity contribution < 1.29 is 19.1 Å². The molecular formula is C12H16N2O4. The monoisotopic (exact) mass is 252 g/mol. The van der Waals surface area contributed by atoms with Crippen LogP contribution in [-0.4, -0.2) is 49.6 Å². The number of nitrogens with zero attached hydrogens (tertiary/aromatic N) is 2. The molecule has 0 unspecified atom stereocenters. The van der Waals surface area contributed by atoms with Gasteiger partial charge in [-0.2, -0.15) is 0 Å². The molecule has 98 valence electrons. The van der Waals surface area contributed by atoms with Crippen LogP contribution in [0.5, 0.6) is 0 Å². The first kappa shape index (κ1) is 14.1. The van der Waals surface area contributed by atoms with Gasteiger partial charge >= 0.3 is 11.9 Å². The van der Waals surface area contributed by atoms with E-state index in [2.05, 4.69) is 14.5 Å². The fraction of sp³-hybridized carbons (Fsp3) is 0.417. The number of esters is 2. The van der Waals surface area contributed by atoms with E-state index in [-0.39, 0.29) is 18.2 Å². The summed E-state index contributed by atoms with van der Waals surface area (Å²) in [6.45, 7) is 0.612. The molecule has 1 aromatic rings. The van der Waals surface area contributed by atoms with E-state index >= 15 is 0 Å². The van der Waals surface area contributed by atoms with Crippen LogP contribution in [0.4, 0.5) is 0 Å². The average molecular weight is 252 g/mol. The van der Waals surface area contributed by atoms with Crippen LogP contribution in [0.2, 0.25) is 0 Å². The second-order valence-corrected chi connectivity index (χ2v) is 3.75. The van der Waals surface area contributed by atoms with Crippen LogP contribution in [0.25, 0.3) is 0 Å². The minimum Gasteiger partial charge on any atom is -0.468 e.